The van der Waals surface area contributed by atoms with E-state index >= 15 is 0 Å². The summed E-state index contributed by atoms with van der Waals surface area (Å²) in [6.07, 6.45) is 0. The lowest BCUT2D eigenvalue weighted by molar-refractivity contribution is -0.144. The van der Waals surface area contributed by atoms with Crippen molar-refractivity contribution in [2.75, 3.05) is 18.6 Å². The Hall–Kier alpha value is -0.710. The summed E-state index contributed by atoms with van der Waals surface area (Å²) >= 11 is 1.64. The van der Waals surface area contributed by atoms with Gasteiger partial charge in [0.1, 0.15) is 6.04 Å². The minimum Gasteiger partial charge on any atom is -0.467 e. The van der Waals surface area contributed by atoms with Gasteiger partial charge in [0.25, 0.3) is 0 Å². The highest BCUT2D eigenvalue weighted by Crippen LogP contribution is 2.20. The van der Waals surface area contributed by atoms with Crippen molar-refractivity contribution in [2.45, 2.75) is 33.7 Å². The highest BCUT2D eigenvalue weighted by Gasteiger charge is 2.21. The minimum atomic E-state index is -0.546. The number of carbonyl (C=O) groups is 2. The zero-order chi connectivity index (χ0) is 12.8. The van der Waals surface area contributed by atoms with E-state index in [-0.39, 0.29) is 11.3 Å². The van der Waals surface area contributed by atoms with Crippen LogP contribution in [-0.2, 0) is 14.3 Å². The fourth-order valence-corrected chi connectivity index (χ4v) is 2.22. The Morgan fingerprint density at radius 3 is 2.31 bits per heavy atom. The molecule has 0 aliphatic rings. The van der Waals surface area contributed by atoms with Gasteiger partial charge in [-0.15, -0.1) is 0 Å². The number of carbonyl (C=O) groups excluding carboxylic acids is 2. The van der Waals surface area contributed by atoms with E-state index in [1.165, 1.54) is 14.0 Å². The van der Waals surface area contributed by atoms with Crippen molar-refractivity contribution in [1.29, 1.82) is 0 Å². The molecule has 4 nitrogen and oxygen atoms in total. The van der Waals surface area contributed by atoms with Gasteiger partial charge in [-0.1, -0.05) is 20.8 Å². The maximum absolute atomic E-state index is 11.4. The van der Waals surface area contributed by atoms with Crippen LogP contribution in [0.3, 0.4) is 0 Å². The van der Waals surface area contributed by atoms with Gasteiger partial charge in [-0.25, -0.2) is 4.79 Å². The van der Waals surface area contributed by atoms with Crippen molar-refractivity contribution in [1.82, 2.24) is 5.32 Å². The molecule has 0 aliphatic carbocycles. The number of hydrogen-bond donors (Lipinski definition) is 1. The number of methoxy groups -OCH3 is 1. The zero-order valence-corrected chi connectivity index (χ0v) is 11.4. The highest BCUT2D eigenvalue weighted by molar-refractivity contribution is 7.99. The van der Waals surface area contributed by atoms with Crippen LogP contribution in [0, 0.1) is 5.41 Å². The molecule has 0 spiro atoms. The first kappa shape index (κ1) is 15.3. The quantitative estimate of drug-likeness (QED) is 0.747. The Balaban J connectivity index is 4.12. The molecule has 0 unspecified atom stereocenters. The minimum absolute atomic E-state index is 0.210. The third-order valence-corrected chi connectivity index (χ3v) is 3.32. The van der Waals surface area contributed by atoms with Crippen molar-refractivity contribution >= 4 is 23.6 Å². The molecule has 0 saturated heterocycles. The fraction of sp³-hybridized carbons (Fsp3) is 0.818. The molecular formula is C11H21NO3S. The molecule has 0 aliphatic heterocycles. The van der Waals surface area contributed by atoms with E-state index in [1.807, 2.05) is 0 Å². The van der Waals surface area contributed by atoms with E-state index in [0.717, 1.165) is 5.75 Å². The van der Waals surface area contributed by atoms with Crippen LogP contribution in [0.25, 0.3) is 0 Å². The van der Waals surface area contributed by atoms with Gasteiger partial charge < -0.3 is 10.1 Å². The van der Waals surface area contributed by atoms with Gasteiger partial charge in [0.2, 0.25) is 5.91 Å². The summed E-state index contributed by atoms with van der Waals surface area (Å²) in [5.41, 5.74) is 0.210. The predicted octanol–water partition coefficient (Wildman–Crippen LogP) is 1.44. The van der Waals surface area contributed by atoms with E-state index < -0.39 is 12.0 Å². The first-order chi connectivity index (χ1) is 7.26. The molecule has 94 valence electrons. The first-order valence-electron chi connectivity index (χ1n) is 5.19. The first-order valence-corrected chi connectivity index (χ1v) is 6.34. The highest BCUT2D eigenvalue weighted by atomic mass is 32.2. The van der Waals surface area contributed by atoms with Crippen LogP contribution in [0.4, 0.5) is 0 Å². The van der Waals surface area contributed by atoms with Gasteiger partial charge in [-0.3, -0.25) is 4.79 Å². The Labute approximate surface area is 101 Å². The second-order valence-corrected chi connectivity index (χ2v) is 5.88. The molecule has 0 radical (unpaired) electrons. The van der Waals surface area contributed by atoms with E-state index in [2.05, 4.69) is 30.8 Å². The molecule has 0 saturated carbocycles. The zero-order valence-electron chi connectivity index (χ0n) is 10.6. The topological polar surface area (TPSA) is 55.4 Å². The van der Waals surface area contributed by atoms with Crippen LogP contribution in [0.2, 0.25) is 0 Å². The third kappa shape index (κ3) is 7.56. The lowest BCUT2D eigenvalue weighted by Crippen LogP contribution is -2.42. The number of esters is 1. The molecule has 0 aromatic rings. The average Bonchev–Trinajstić information content (AvgIpc) is 2.12. The summed E-state index contributed by atoms with van der Waals surface area (Å²) in [4.78, 5) is 22.3. The van der Waals surface area contributed by atoms with Crippen LogP contribution in [-0.4, -0.2) is 36.5 Å². The van der Waals surface area contributed by atoms with Crippen LogP contribution in [0.5, 0.6) is 0 Å². The number of ether oxygens (including phenoxy) is 1. The summed E-state index contributed by atoms with van der Waals surface area (Å²) in [6.45, 7) is 7.78. The van der Waals surface area contributed by atoms with E-state index in [4.69, 9.17) is 0 Å². The molecule has 1 atom stereocenters. The molecule has 0 aromatic heterocycles. The van der Waals surface area contributed by atoms with Gasteiger partial charge in [-0.2, -0.15) is 11.8 Å². The second-order valence-electron chi connectivity index (χ2n) is 4.85. The van der Waals surface area contributed by atoms with E-state index in [0.29, 0.717) is 5.75 Å². The van der Waals surface area contributed by atoms with Crippen LogP contribution in [0.15, 0.2) is 0 Å². The number of rotatable bonds is 5. The lowest BCUT2D eigenvalue weighted by atomic mass is 10.0. The largest absolute Gasteiger partial charge is 0.467 e. The molecule has 0 bridgehead atoms. The van der Waals surface area contributed by atoms with Gasteiger partial charge in [0.05, 0.1) is 7.11 Å². The van der Waals surface area contributed by atoms with Crippen molar-refractivity contribution in [2.24, 2.45) is 5.41 Å². The molecule has 0 aromatic carbocycles. The molecule has 16 heavy (non-hydrogen) atoms. The average molecular weight is 247 g/mol. The standard InChI is InChI=1S/C11H21NO3S/c1-8(13)12-9(10(14)15-5)6-16-7-11(2,3)4/h9H,6-7H2,1-5H3,(H,12,13)/t9-/m0/s1. The summed E-state index contributed by atoms with van der Waals surface area (Å²) in [6, 6.07) is -0.546. The predicted molar refractivity (Wildman–Crippen MR) is 66.4 cm³/mol. The van der Waals surface area contributed by atoms with Gasteiger partial charge in [0.15, 0.2) is 0 Å². The summed E-state index contributed by atoms with van der Waals surface area (Å²) < 4.78 is 4.63. The van der Waals surface area contributed by atoms with E-state index in [1.54, 1.807) is 11.8 Å². The molecule has 0 rings (SSSR count). The van der Waals surface area contributed by atoms with Crippen LogP contribution < -0.4 is 5.32 Å². The van der Waals surface area contributed by atoms with Gasteiger partial charge in [0, 0.05) is 12.7 Å². The normalized spacial score (nSPS) is 13.1. The molecule has 0 fully saturated rings. The molecule has 1 N–H and O–H groups in total. The van der Waals surface area contributed by atoms with E-state index in [9.17, 15) is 9.59 Å². The number of hydrogen-bond acceptors (Lipinski definition) is 4. The summed E-state index contributed by atoms with van der Waals surface area (Å²) in [7, 11) is 1.32. The van der Waals surface area contributed by atoms with Crippen LogP contribution >= 0.6 is 11.8 Å². The Morgan fingerprint density at radius 1 is 1.38 bits per heavy atom. The van der Waals surface area contributed by atoms with Crippen molar-refractivity contribution in [3.63, 3.8) is 0 Å². The second kappa shape index (κ2) is 6.78. The van der Waals surface area contributed by atoms with Gasteiger partial charge in [-0.05, 0) is 11.2 Å². The number of amides is 1. The fourth-order valence-electron chi connectivity index (χ4n) is 1.04. The Bertz CT molecular complexity index is 248. The Kier molecular flexibility index (Phi) is 6.48. The smallest absolute Gasteiger partial charge is 0.329 e. The maximum Gasteiger partial charge on any atom is 0.329 e. The number of nitrogens with one attached hydrogen (secondary N) is 1. The summed E-state index contributed by atoms with van der Waals surface area (Å²) in [5.74, 6) is 0.868. The van der Waals surface area contributed by atoms with Gasteiger partial charge >= 0.3 is 5.97 Å². The van der Waals surface area contributed by atoms with Crippen molar-refractivity contribution in [3.05, 3.63) is 0 Å². The monoisotopic (exact) mass is 247 g/mol. The molecule has 5 heteroatoms. The van der Waals surface area contributed by atoms with Crippen LogP contribution in [0.1, 0.15) is 27.7 Å². The Morgan fingerprint density at radius 2 is 1.94 bits per heavy atom. The summed E-state index contributed by atoms with van der Waals surface area (Å²) in [5, 5.41) is 2.58. The van der Waals surface area contributed by atoms with Crippen molar-refractivity contribution in [3.8, 4) is 0 Å². The molecule has 1 amide bonds. The maximum atomic E-state index is 11.4. The SMILES string of the molecule is COC(=O)[C@H](CSCC(C)(C)C)NC(C)=O. The lowest BCUT2D eigenvalue weighted by Gasteiger charge is -2.20. The third-order valence-electron chi connectivity index (χ3n) is 1.68. The van der Waals surface area contributed by atoms with Crippen molar-refractivity contribution < 1.29 is 14.3 Å². The molecular weight excluding hydrogens is 226 g/mol. The molecule has 0 heterocycles. The number of thioether (sulfide) groups is 1.